The lowest BCUT2D eigenvalue weighted by Gasteiger charge is -2.08. The number of carbonyl (C=O) groups is 2. The predicted octanol–water partition coefficient (Wildman–Crippen LogP) is 5.58. The molecule has 0 saturated carbocycles. The average Bonchev–Trinajstić information content (AvgIpc) is 3.05. The summed E-state index contributed by atoms with van der Waals surface area (Å²) in [6, 6.07) is 11.7. The van der Waals surface area contributed by atoms with Gasteiger partial charge in [-0.1, -0.05) is 35.3 Å². The Morgan fingerprint density at radius 2 is 1.86 bits per heavy atom. The molecule has 1 aromatic heterocycles. The number of amides is 3. The van der Waals surface area contributed by atoms with Gasteiger partial charge in [0.05, 0.1) is 12.1 Å². The number of benzene rings is 2. The Bertz CT molecular complexity index is 1020. The Labute approximate surface area is 175 Å². The molecule has 0 aliphatic rings. The average molecular weight is 435 g/mol. The fourth-order valence-electron chi connectivity index (χ4n) is 2.37. The van der Waals surface area contributed by atoms with Gasteiger partial charge in [-0.2, -0.15) is 0 Å². The molecule has 0 radical (unpaired) electrons. The molecule has 0 bridgehead atoms. The molecule has 9 heteroatoms. The van der Waals surface area contributed by atoms with Crippen molar-refractivity contribution >= 4 is 63.0 Å². The maximum Gasteiger partial charge on any atom is 0.325 e. The molecule has 3 rings (SSSR count). The summed E-state index contributed by atoms with van der Waals surface area (Å²) in [7, 11) is 0. The topological polar surface area (TPSA) is 83.1 Å². The van der Waals surface area contributed by atoms with E-state index in [0.29, 0.717) is 32.2 Å². The fraction of sp³-hybridized carbons (Fsp3) is 0.105. The van der Waals surface area contributed by atoms with Crippen molar-refractivity contribution in [3.05, 3.63) is 69.1 Å². The maximum absolute atomic E-state index is 12.2. The minimum absolute atomic E-state index is 0.0834. The van der Waals surface area contributed by atoms with Gasteiger partial charge in [0, 0.05) is 26.8 Å². The molecule has 0 atom stereocenters. The largest absolute Gasteiger partial charge is 0.325 e. The number of hydrogen-bond acceptors (Lipinski definition) is 4. The van der Waals surface area contributed by atoms with E-state index in [1.807, 2.05) is 6.92 Å². The molecule has 0 unspecified atom stereocenters. The number of rotatable bonds is 5. The number of anilines is 3. The highest BCUT2D eigenvalue weighted by Crippen LogP contribution is 2.23. The number of urea groups is 1. The third kappa shape index (κ3) is 5.45. The van der Waals surface area contributed by atoms with Gasteiger partial charge in [-0.15, -0.1) is 11.3 Å². The summed E-state index contributed by atoms with van der Waals surface area (Å²) >= 11 is 13.2. The van der Waals surface area contributed by atoms with Gasteiger partial charge in [0.15, 0.2) is 5.13 Å². The zero-order valence-corrected chi connectivity index (χ0v) is 17.1. The van der Waals surface area contributed by atoms with Crippen molar-refractivity contribution in [2.45, 2.75) is 13.3 Å². The number of hydrogen-bond donors (Lipinski definition) is 3. The first-order chi connectivity index (χ1) is 13.4. The van der Waals surface area contributed by atoms with Crippen LogP contribution in [0.25, 0.3) is 0 Å². The number of thiazole rings is 1. The number of aromatic nitrogens is 1. The van der Waals surface area contributed by atoms with Crippen LogP contribution in [0.2, 0.25) is 10.0 Å². The van der Waals surface area contributed by atoms with Crippen molar-refractivity contribution in [2.75, 3.05) is 16.0 Å². The van der Waals surface area contributed by atoms with E-state index in [1.54, 1.807) is 47.8 Å². The molecule has 1 heterocycles. The van der Waals surface area contributed by atoms with Gasteiger partial charge < -0.3 is 10.6 Å². The molecule has 0 spiro atoms. The second-order valence-electron chi connectivity index (χ2n) is 5.87. The van der Waals surface area contributed by atoms with Crippen LogP contribution in [0.3, 0.4) is 0 Å². The molecule has 3 amide bonds. The van der Waals surface area contributed by atoms with Gasteiger partial charge in [-0.3, -0.25) is 10.1 Å². The van der Waals surface area contributed by atoms with Crippen LogP contribution in [-0.4, -0.2) is 16.9 Å². The van der Waals surface area contributed by atoms with Crippen LogP contribution in [0.5, 0.6) is 0 Å². The van der Waals surface area contributed by atoms with E-state index < -0.39 is 6.03 Å². The van der Waals surface area contributed by atoms with Crippen LogP contribution < -0.4 is 16.0 Å². The highest BCUT2D eigenvalue weighted by molar-refractivity contribution is 7.14. The van der Waals surface area contributed by atoms with Gasteiger partial charge in [0.1, 0.15) is 0 Å². The summed E-state index contributed by atoms with van der Waals surface area (Å²) in [5.74, 6) is -0.217. The monoisotopic (exact) mass is 434 g/mol. The van der Waals surface area contributed by atoms with E-state index in [9.17, 15) is 9.59 Å². The smallest absolute Gasteiger partial charge is 0.325 e. The normalized spacial score (nSPS) is 10.4. The highest BCUT2D eigenvalue weighted by atomic mass is 35.5. The Kier molecular flexibility index (Phi) is 6.51. The predicted molar refractivity (Wildman–Crippen MR) is 115 cm³/mol. The number of nitrogens with one attached hydrogen (secondary N) is 3. The molecule has 2 aromatic carbocycles. The van der Waals surface area contributed by atoms with E-state index in [-0.39, 0.29) is 12.3 Å². The lowest BCUT2D eigenvalue weighted by molar-refractivity contribution is -0.115. The van der Waals surface area contributed by atoms with Crippen molar-refractivity contribution in [3.63, 3.8) is 0 Å². The third-order valence-electron chi connectivity index (χ3n) is 3.74. The number of nitrogens with zero attached hydrogens (tertiary/aromatic N) is 1. The minimum Gasteiger partial charge on any atom is -0.325 e. The van der Waals surface area contributed by atoms with Crippen molar-refractivity contribution < 1.29 is 9.59 Å². The molecule has 3 aromatic rings. The van der Waals surface area contributed by atoms with Gasteiger partial charge in [-0.05, 0) is 42.8 Å². The second-order valence-corrected chi connectivity index (χ2v) is 7.57. The first kappa shape index (κ1) is 20.1. The standard InChI is InChI=1S/C19H16Cl2N4O2S/c1-11-15(21)6-3-7-16(11)24-17(26)9-14-10-28-19(23-14)25-18(27)22-13-5-2-4-12(20)8-13/h2-8,10H,9H2,1H3,(H,24,26)(H2,22,23,25,27). The number of halogens is 2. The Hall–Kier alpha value is -2.61. The molecular weight excluding hydrogens is 419 g/mol. The summed E-state index contributed by atoms with van der Waals surface area (Å²) in [4.78, 5) is 28.6. The zero-order valence-electron chi connectivity index (χ0n) is 14.8. The Morgan fingerprint density at radius 1 is 1.07 bits per heavy atom. The van der Waals surface area contributed by atoms with Gasteiger partial charge in [-0.25, -0.2) is 9.78 Å². The van der Waals surface area contributed by atoms with Crippen LogP contribution in [0.1, 0.15) is 11.3 Å². The van der Waals surface area contributed by atoms with Crippen molar-refractivity contribution in [3.8, 4) is 0 Å². The van der Waals surface area contributed by atoms with Crippen molar-refractivity contribution in [1.82, 2.24) is 4.98 Å². The second kappa shape index (κ2) is 9.05. The SMILES string of the molecule is Cc1c(Cl)cccc1NC(=O)Cc1csc(NC(=O)Nc2cccc(Cl)c2)n1. The van der Waals surface area contributed by atoms with Crippen molar-refractivity contribution in [1.29, 1.82) is 0 Å². The van der Waals surface area contributed by atoms with Crippen LogP contribution in [0.4, 0.5) is 21.3 Å². The maximum atomic E-state index is 12.2. The molecule has 6 nitrogen and oxygen atoms in total. The van der Waals surface area contributed by atoms with Gasteiger partial charge in [0.2, 0.25) is 5.91 Å². The first-order valence-corrected chi connectivity index (χ1v) is 9.87. The zero-order chi connectivity index (χ0) is 20.1. The van der Waals surface area contributed by atoms with Gasteiger partial charge in [0.25, 0.3) is 0 Å². The lowest BCUT2D eigenvalue weighted by atomic mass is 10.2. The molecule has 0 aliphatic heterocycles. The highest BCUT2D eigenvalue weighted by Gasteiger charge is 2.12. The van der Waals surface area contributed by atoms with E-state index in [2.05, 4.69) is 20.9 Å². The Balaban J connectivity index is 1.55. The summed E-state index contributed by atoms with van der Waals surface area (Å²) in [6.45, 7) is 1.83. The minimum atomic E-state index is -0.442. The van der Waals surface area contributed by atoms with E-state index >= 15 is 0 Å². The van der Waals surface area contributed by atoms with E-state index in [1.165, 1.54) is 11.3 Å². The Morgan fingerprint density at radius 3 is 2.64 bits per heavy atom. The molecule has 144 valence electrons. The van der Waals surface area contributed by atoms with E-state index in [0.717, 1.165) is 5.56 Å². The molecule has 0 aliphatic carbocycles. The number of carbonyl (C=O) groups excluding carboxylic acids is 2. The van der Waals surface area contributed by atoms with Crippen molar-refractivity contribution in [2.24, 2.45) is 0 Å². The first-order valence-electron chi connectivity index (χ1n) is 8.23. The van der Waals surface area contributed by atoms with Crippen LogP contribution in [-0.2, 0) is 11.2 Å². The molecule has 3 N–H and O–H groups in total. The summed E-state index contributed by atoms with van der Waals surface area (Å²) < 4.78 is 0. The molecule has 28 heavy (non-hydrogen) atoms. The van der Waals surface area contributed by atoms with E-state index in [4.69, 9.17) is 23.2 Å². The van der Waals surface area contributed by atoms with Crippen LogP contribution in [0, 0.1) is 6.92 Å². The summed E-state index contributed by atoms with van der Waals surface area (Å²) in [6.07, 6.45) is 0.0834. The van der Waals surface area contributed by atoms with Crippen LogP contribution >= 0.6 is 34.5 Å². The molecule has 0 saturated heterocycles. The quantitative estimate of drug-likeness (QED) is 0.489. The van der Waals surface area contributed by atoms with Gasteiger partial charge >= 0.3 is 6.03 Å². The van der Waals surface area contributed by atoms with Crippen LogP contribution in [0.15, 0.2) is 47.8 Å². The molecule has 0 fully saturated rings. The third-order valence-corrected chi connectivity index (χ3v) is 5.19. The fourth-order valence-corrected chi connectivity index (χ4v) is 3.44. The summed E-state index contributed by atoms with van der Waals surface area (Å²) in [5, 5.41) is 11.3. The molecular formula is C19H16Cl2N4O2S. The lowest BCUT2D eigenvalue weighted by Crippen LogP contribution is -2.19. The summed E-state index contributed by atoms with van der Waals surface area (Å²) in [5.41, 5.74) is 2.58.